The van der Waals surface area contributed by atoms with Crippen molar-refractivity contribution in [2.45, 2.75) is 32.7 Å². The fourth-order valence-electron chi connectivity index (χ4n) is 1.69. The van der Waals surface area contributed by atoms with Gasteiger partial charge in [-0.3, -0.25) is 0 Å². The van der Waals surface area contributed by atoms with E-state index in [-0.39, 0.29) is 12.0 Å². The highest BCUT2D eigenvalue weighted by molar-refractivity contribution is 6.30. The summed E-state index contributed by atoms with van der Waals surface area (Å²) >= 11 is 5.84. The van der Waals surface area contributed by atoms with Crippen LogP contribution in [0.5, 0.6) is 0 Å². The van der Waals surface area contributed by atoms with Crippen LogP contribution in [0.2, 0.25) is 5.02 Å². The Morgan fingerprint density at radius 1 is 1.16 bits per heavy atom. The molecule has 0 amide bonds. The van der Waals surface area contributed by atoms with Gasteiger partial charge in [0.15, 0.2) is 0 Å². The first-order valence-corrected chi connectivity index (χ1v) is 6.76. The molecule has 0 saturated heterocycles. The molecule has 2 aromatic rings. The number of aromatic nitrogens is 2. The van der Waals surface area contributed by atoms with E-state index in [4.69, 9.17) is 21.8 Å². The molecule has 19 heavy (non-hydrogen) atoms. The van der Waals surface area contributed by atoms with Crippen molar-refractivity contribution >= 4 is 11.6 Å². The van der Waals surface area contributed by atoms with Crippen LogP contribution in [0.25, 0.3) is 0 Å². The Morgan fingerprint density at radius 2 is 1.84 bits per heavy atom. The third kappa shape index (κ3) is 3.78. The first-order chi connectivity index (χ1) is 9.06. The van der Waals surface area contributed by atoms with E-state index >= 15 is 0 Å². The maximum atomic E-state index is 5.96. The van der Waals surface area contributed by atoms with Gasteiger partial charge in [0.05, 0.1) is 6.04 Å². The van der Waals surface area contributed by atoms with Crippen molar-refractivity contribution in [1.29, 1.82) is 0 Å². The van der Waals surface area contributed by atoms with Crippen LogP contribution in [0.4, 0.5) is 0 Å². The number of rotatable bonds is 5. The summed E-state index contributed by atoms with van der Waals surface area (Å²) in [6.07, 6.45) is 1.55. The highest BCUT2D eigenvalue weighted by Crippen LogP contribution is 2.18. The van der Waals surface area contributed by atoms with Gasteiger partial charge in [0, 0.05) is 11.4 Å². The van der Waals surface area contributed by atoms with Gasteiger partial charge in [0.2, 0.25) is 11.8 Å². The molecule has 1 unspecified atom stereocenters. The lowest BCUT2D eigenvalue weighted by Gasteiger charge is -2.09. The van der Waals surface area contributed by atoms with Gasteiger partial charge < -0.3 is 10.2 Å². The molecule has 0 saturated carbocycles. The molecule has 0 aliphatic rings. The highest BCUT2D eigenvalue weighted by atomic mass is 35.5. The minimum Gasteiger partial charge on any atom is -0.424 e. The SMILES string of the molecule is CC(C)C(N)c1nnc(CCc2ccc(Cl)cc2)o1. The fourth-order valence-corrected chi connectivity index (χ4v) is 1.82. The van der Waals surface area contributed by atoms with Crippen LogP contribution < -0.4 is 5.73 Å². The topological polar surface area (TPSA) is 64.9 Å². The third-order valence-electron chi connectivity index (χ3n) is 3.03. The monoisotopic (exact) mass is 279 g/mol. The van der Waals surface area contributed by atoms with Crippen molar-refractivity contribution in [3.8, 4) is 0 Å². The Kier molecular flexibility index (Phi) is 4.56. The summed E-state index contributed by atoms with van der Waals surface area (Å²) in [5.74, 6) is 1.42. The van der Waals surface area contributed by atoms with E-state index in [0.29, 0.717) is 18.2 Å². The zero-order valence-electron chi connectivity index (χ0n) is 11.1. The van der Waals surface area contributed by atoms with Crippen LogP contribution in [-0.4, -0.2) is 10.2 Å². The van der Waals surface area contributed by atoms with Crippen LogP contribution in [0.1, 0.15) is 37.2 Å². The van der Waals surface area contributed by atoms with Crippen molar-refractivity contribution in [3.63, 3.8) is 0 Å². The predicted molar refractivity (Wildman–Crippen MR) is 74.9 cm³/mol. The van der Waals surface area contributed by atoms with Crippen LogP contribution in [0, 0.1) is 5.92 Å². The molecule has 1 atom stereocenters. The quantitative estimate of drug-likeness (QED) is 0.913. The lowest BCUT2D eigenvalue weighted by Crippen LogP contribution is -2.16. The molecule has 0 aliphatic carbocycles. The number of nitrogens with zero attached hydrogens (tertiary/aromatic N) is 2. The highest BCUT2D eigenvalue weighted by Gasteiger charge is 2.17. The molecule has 1 aromatic carbocycles. The Bertz CT molecular complexity index is 522. The summed E-state index contributed by atoms with van der Waals surface area (Å²) < 4.78 is 5.58. The summed E-state index contributed by atoms with van der Waals surface area (Å²) in [6.45, 7) is 4.06. The van der Waals surface area contributed by atoms with E-state index in [1.807, 2.05) is 38.1 Å². The Balaban J connectivity index is 1.95. The zero-order valence-corrected chi connectivity index (χ0v) is 11.9. The van der Waals surface area contributed by atoms with Gasteiger partial charge in [-0.25, -0.2) is 0 Å². The lowest BCUT2D eigenvalue weighted by molar-refractivity contribution is 0.370. The average molecular weight is 280 g/mol. The first kappa shape index (κ1) is 14.0. The van der Waals surface area contributed by atoms with Crippen LogP contribution in [0.3, 0.4) is 0 Å². The Labute approximate surface area is 118 Å². The van der Waals surface area contributed by atoms with Crippen LogP contribution >= 0.6 is 11.6 Å². The molecule has 0 spiro atoms. The number of hydrogen-bond acceptors (Lipinski definition) is 4. The molecular weight excluding hydrogens is 262 g/mol. The molecule has 0 fully saturated rings. The average Bonchev–Trinajstić information content (AvgIpc) is 2.86. The molecule has 0 aliphatic heterocycles. The molecule has 2 rings (SSSR count). The minimum atomic E-state index is -0.197. The van der Waals surface area contributed by atoms with Gasteiger partial charge in [-0.1, -0.05) is 37.6 Å². The number of benzene rings is 1. The van der Waals surface area contributed by atoms with E-state index in [0.717, 1.165) is 11.4 Å². The maximum Gasteiger partial charge on any atom is 0.233 e. The predicted octanol–water partition coefficient (Wildman–Crippen LogP) is 3.16. The van der Waals surface area contributed by atoms with E-state index in [1.165, 1.54) is 5.56 Å². The number of halogens is 1. The van der Waals surface area contributed by atoms with Gasteiger partial charge in [0.1, 0.15) is 0 Å². The molecule has 1 heterocycles. The second-order valence-corrected chi connectivity index (χ2v) is 5.37. The molecule has 0 radical (unpaired) electrons. The Hall–Kier alpha value is -1.39. The van der Waals surface area contributed by atoms with Gasteiger partial charge in [-0.05, 0) is 30.0 Å². The van der Waals surface area contributed by atoms with Gasteiger partial charge in [-0.15, -0.1) is 10.2 Å². The van der Waals surface area contributed by atoms with Crippen LogP contribution in [-0.2, 0) is 12.8 Å². The largest absolute Gasteiger partial charge is 0.424 e. The van der Waals surface area contributed by atoms with Crippen molar-refractivity contribution in [2.24, 2.45) is 11.7 Å². The molecule has 2 N–H and O–H groups in total. The fraction of sp³-hybridized carbons (Fsp3) is 0.429. The standard InChI is InChI=1S/C14H18ClN3O/c1-9(2)13(16)14-18-17-12(19-14)8-5-10-3-6-11(15)7-4-10/h3-4,6-7,9,13H,5,8,16H2,1-2H3. The minimum absolute atomic E-state index is 0.197. The molecule has 1 aromatic heterocycles. The van der Waals surface area contributed by atoms with Gasteiger partial charge >= 0.3 is 0 Å². The van der Waals surface area contributed by atoms with E-state index in [2.05, 4.69) is 10.2 Å². The number of hydrogen-bond donors (Lipinski definition) is 1. The van der Waals surface area contributed by atoms with Crippen molar-refractivity contribution in [1.82, 2.24) is 10.2 Å². The molecule has 5 heteroatoms. The van der Waals surface area contributed by atoms with Crippen LogP contribution in [0.15, 0.2) is 28.7 Å². The van der Waals surface area contributed by atoms with Gasteiger partial charge in [-0.2, -0.15) is 0 Å². The van der Waals surface area contributed by atoms with E-state index in [1.54, 1.807) is 0 Å². The smallest absolute Gasteiger partial charge is 0.233 e. The molecular formula is C14H18ClN3O. The van der Waals surface area contributed by atoms with Crippen molar-refractivity contribution in [3.05, 3.63) is 46.6 Å². The zero-order chi connectivity index (χ0) is 13.8. The normalized spacial score (nSPS) is 12.9. The first-order valence-electron chi connectivity index (χ1n) is 6.38. The molecule has 4 nitrogen and oxygen atoms in total. The second-order valence-electron chi connectivity index (χ2n) is 4.93. The lowest BCUT2D eigenvalue weighted by atomic mass is 10.1. The summed E-state index contributed by atoms with van der Waals surface area (Å²) in [5.41, 5.74) is 7.16. The van der Waals surface area contributed by atoms with Gasteiger partial charge in [0.25, 0.3) is 0 Å². The number of nitrogens with two attached hydrogens (primary N) is 1. The maximum absolute atomic E-state index is 5.96. The van der Waals surface area contributed by atoms with Crippen molar-refractivity contribution < 1.29 is 4.42 Å². The Morgan fingerprint density at radius 3 is 2.47 bits per heavy atom. The summed E-state index contributed by atoms with van der Waals surface area (Å²) in [6, 6.07) is 7.56. The van der Waals surface area contributed by atoms with E-state index < -0.39 is 0 Å². The summed E-state index contributed by atoms with van der Waals surface area (Å²) in [7, 11) is 0. The third-order valence-corrected chi connectivity index (χ3v) is 3.28. The summed E-state index contributed by atoms with van der Waals surface area (Å²) in [4.78, 5) is 0. The van der Waals surface area contributed by atoms with Crippen molar-refractivity contribution in [2.75, 3.05) is 0 Å². The van der Waals surface area contributed by atoms with E-state index in [9.17, 15) is 0 Å². The number of aryl methyl sites for hydroxylation is 2. The second kappa shape index (κ2) is 6.17. The molecule has 102 valence electrons. The molecule has 0 bridgehead atoms. The summed E-state index contributed by atoms with van der Waals surface area (Å²) in [5, 5.41) is 8.77.